The third-order valence-electron chi connectivity index (χ3n) is 4.31. The van der Waals surface area contributed by atoms with Crippen LogP contribution in [0.15, 0.2) is 82.8 Å². The number of anilines is 1. The SMILES string of the molecule is O=C(c1ccco1)N(CCc1ccccc1)c1nc(-c2ccc(Cl)cc2)cs1. The minimum atomic E-state index is -0.196. The molecule has 1 amide bonds. The molecule has 0 saturated carbocycles. The molecule has 2 heterocycles. The minimum Gasteiger partial charge on any atom is -0.459 e. The van der Waals surface area contributed by atoms with Crippen LogP contribution < -0.4 is 4.90 Å². The van der Waals surface area contributed by atoms with Crippen molar-refractivity contribution in [3.8, 4) is 11.3 Å². The van der Waals surface area contributed by atoms with Gasteiger partial charge >= 0.3 is 0 Å². The van der Waals surface area contributed by atoms with Crippen molar-refractivity contribution >= 4 is 34.0 Å². The van der Waals surface area contributed by atoms with Gasteiger partial charge in [0.15, 0.2) is 10.9 Å². The van der Waals surface area contributed by atoms with Gasteiger partial charge in [-0.25, -0.2) is 4.98 Å². The smallest absolute Gasteiger partial charge is 0.295 e. The zero-order valence-electron chi connectivity index (χ0n) is 14.9. The number of halogens is 1. The molecule has 0 unspecified atom stereocenters. The van der Waals surface area contributed by atoms with Gasteiger partial charge in [0.2, 0.25) is 0 Å². The number of benzene rings is 2. The van der Waals surface area contributed by atoms with Crippen LogP contribution in [0.25, 0.3) is 11.3 Å². The molecular weight excluding hydrogens is 392 g/mol. The molecule has 0 spiro atoms. The van der Waals surface area contributed by atoms with E-state index < -0.39 is 0 Å². The number of nitrogens with zero attached hydrogens (tertiary/aromatic N) is 2. The summed E-state index contributed by atoms with van der Waals surface area (Å²) in [5.74, 6) is 0.106. The molecule has 0 aliphatic rings. The van der Waals surface area contributed by atoms with Gasteiger partial charge in [-0.1, -0.05) is 54.1 Å². The zero-order valence-corrected chi connectivity index (χ0v) is 16.5. The van der Waals surface area contributed by atoms with Crippen LogP contribution in [-0.4, -0.2) is 17.4 Å². The lowest BCUT2D eigenvalue weighted by Gasteiger charge is -2.18. The first-order chi connectivity index (χ1) is 13.7. The van der Waals surface area contributed by atoms with Gasteiger partial charge in [0.25, 0.3) is 5.91 Å². The second-order valence-electron chi connectivity index (χ2n) is 6.19. The first kappa shape index (κ1) is 18.5. The van der Waals surface area contributed by atoms with Crippen molar-refractivity contribution in [1.29, 1.82) is 0 Å². The number of carbonyl (C=O) groups excluding carboxylic acids is 1. The van der Waals surface area contributed by atoms with E-state index in [1.54, 1.807) is 17.0 Å². The number of hydrogen-bond donors (Lipinski definition) is 0. The maximum absolute atomic E-state index is 13.0. The fourth-order valence-electron chi connectivity index (χ4n) is 2.84. The number of aromatic nitrogens is 1. The van der Waals surface area contributed by atoms with Crippen LogP contribution in [0, 0.1) is 0 Å². The van der Waals surface area contributed by atoms with E-state index in [0.717, 1.165) is 23.2 Å². The highest BCUT2D eigenvalue weighted by Crippen LogP contribution is 2.29. The molecule has 4 rings (SSSR count). The Hall–Kier alpha value is -2.89. The molecule has 4 nitrogen and oxygen atoms in total. The zero-order chi connectivity index (χ0) is 19.3. The maximum Gasteiger partial charge on any atom is 0.295 e. The van der Waals surface area contributed by atoms with Gasteiger partial charge in [-0.05, 0) is 36.2 Å². The number of furan rings is 1. The Balaban J connectivity index is 1.61. The van der Waals surface area contributed by atoms with E-state index in [4.69, 9.17) is 21.0 Å². The Labute approximate surface area is 172 Å². The summed E-state index contributed by atoms with van der Waals surface area (Å²) < 4.78 is 5.33. The van der Waals surface area contributed by atoms with Gasteiger partial charge in [-0.15, -0.1) is 11.3 Å². The van der Waals surface area contributed by atoms with E-state index in [1.165, 1.54) is 17.6 Å². The van der Waals surface area contributed by atoms with Crippen molar-refractivity contribution in [2.24, 2.45) is 0 Å². The lowest BCUT2D eigenvalue weighted by atomic mass is 10.1. The summed E-state index contributed by atoms with van der Waals surface area (Å²) in [5.41, 5.74) is 2.93. The Kier molecular flexibility index (Phi) is 5.55. The summed E-state index contributed by atoms with van der Waals surface area (Å²) in [7, 11) is 0. The molecule has 0 fully saturated rings. The van der Waals surface area contributed by atoms with Crippen LogP contribution in [-0.2, 0) is 6.42 Å². The first-order valence-corrected chi connectivity index (χ1v) is 10.1. The fraction of sp³-hybridized carbons (Fsp3) is 0.0909. The molecule has 0 aliphatic carbocycles. The van der Waals surface area contributed by atoms with E-state index in [-0.39, 0.29) is 5.91 Å². The summed E-state index contributed by atoms with van der Waals surface area (Å²) >= 11 is 7.41. The quantitative estimate of drug-likeness (QED) is 0.396. The van der Waals surface area contributed by atoms with Gasteiger partial charge in [0.05, 0.1) is 12.0 Å². The molecular formula is C22H17ClN2O2S. The van der Waals surface area contributed by atoms with E-state index in [9.17, 15) is 4.79 Å². The topological polar surface area (TPSA) is 46.3 Å². The summed E-state index contributed by atoms with van der Waals surface area (Å²) in [5, 5.41) is 3.27. The number of carbonyl (C=O) groups is 1. The number of amides is 1. The first-order valence-electron chi connectivity index (χ1n) is 8.81. The minimum absolute atomic E-state index is 0.196. The van der Waals surface area contributed by atoms with Gasteiger partial charge in [0.1, 0.15) is 0 Å². The van der Waals surface area contributed by atoms with Crippen LogP contribution in [0.5, 0.6) is 0 Å². The third kappa shape index (κ3) is 4.16. The van der Waals surface area contributed by atoms with Gasteiger partial charge in [-0.3, -0.25) is 9.69 Å². The van der Waals surface area contributed by atoms with Crippen molar-refractivity contribution in [3.05, 3.63) is 94.7 Å². The average molecular weight is 409 g/mol. The highest BCUT2D eigenvalue weighted by molar-refractivity contribution is 7.14. The Morgan fingerprint density at radius 2 is 1.82 bits per heavy atom. The molecule has 0 bridgehead atoms. The number of hydrogen-bond acceptors (Lipinski definition) is 4. The molecule has 28 heavy (non-hydrogen) atoms. The summed E-state index contributed by atoms with van der Waals surface area (Å²) in [4.78, 5) is 19.4. The second kappa shape index (κ2) is 8.42. The molecule has 0 radical (unpaired) electrons. The molecule has 0 atom stereocenters. The van der Waals surface area contributed by atoms with Crippen molar-refractivity contribution in [3.63, 3.8) is 0 Å². The molecule has 140 valence electrons. The Bertz CT molecular complexity index is 1040. The van der Waals surface area contributed by atoms with Crippen LogP contribution >= 0.6 is 22.9 Å². The maximum atomic E-state index is 13.0. The van der Waals surface area contributed by atoms with Crippen LogP contribution in [0.4, 0.5) is 5.13 Å². The highest BCUT2D eigenvalue weighted by atomic mass is 35.5. The standard InChI is InChI=1S/C22H17ClN2O2S/c23-18-10-8-17(9-11-18)19-15-28-22(24-19)25(21(26)20-7-4-14-27-20)13-12-16-5-2-1-3-6-16/h1-11,14-15H,12-13H2. The third-order valence-corrected chi connectivity index (χ3v) is 5.42. The number of thiazole rings is 1. The normalized spacial score (nSPS) is 10.8. The largest absolute Gasteiger partial charge is 0.459 e. The summed E-state index contributed by atoms with van der Waals surface area (Å²) in [6.45, 7) is 0.511. The molecule has 6 heteroatoms. The van der Waals surface area contributed by atoms with E-state index in [1.807, 2.05) is 47.8 Å². The molecule has 2 aromatic carbocycles. The Morgan fingerprint density at radius 1 is 1.04 bits per heavy atom. The molecule has 0 saturated heterocycles. The lowest BCUT2D eigenvalue weighted by molar-refractivity contribution is 0.0960. The van der Waals surface area contributed by atoms with Gasteiger partial charge in [0, 0.05) is 22.5 Å². The predicted molar refractivity (Wildman–Crippen MR) is 113 cm³/mol. The van der Waals surface area contributed by atoms with Crippen molar-refractivity contribution in [2.75, 3.05) is 11.4 Å². The van der Waals surface area contributed by atoms with Crippen LogP contribution in [0.3, 0.4) is 0 Å². The van der Waals surface area contributed by atoms with Crippen LogP contribution in [0.2, 0.25) is 5.02 Å². The van der Waals surface area contributed by atoms with Gasteiger partial charge < -0.3 is 4.42 Å². The number of rotatable bonds is 6. The van der Waals surface area contributed by atoms with E-state index >= 15 is 0 Å². The molecule has 2 aromatic heterocycles. The monoisotopic (exact) mass is 408 g/mol. The highest BCUT2D eigenvalue weighted by Gasteiger charge is 2.23. The van der Waals surface area contributed by atoms with Crippen LogP contribution in [0.1, 0.15) is 16.1 Å². The second-order valence-corrected chi connectivity index (χ2v) is 7.46. The van der Waals surface area contributed by atoms with E-state index in [0.29, 0.717) is 22.5 Å². The summed E-state index contributed by atoms with van der Waals surface area (Å²) in [6, 6.07) is 21.0. The van der Waals surface area contributed by atoms with Gasteiger partial charge in [-0.2, -0.15) is 0 Å². The van der Waals surface area contributed by atoms with Crippen molar-refractivity contribution in [1.82, 2.24) is 4.98 Å². The predicted octanol–water partition coefficient (Wildman–Crippen LogP) is 5.95. The molecule has 0 aliphatic heterocycles. The lowest BCUT2D eigenvalue weighted by Crippen LogP contribution is -2.32. The average Bonchev–Trinajstić information content (AvgIpc) is 3.42. The summed E-state index contributed by atoms with van der Waals surface area (Å²) in [6.07, 6.45) is 2.23. The molecule has 4 aromatic rings. The Morgan fingerprint density at radius 3 is 2.54 bits per heavy atom. The van der Waals surface area contributed by atoms with Crippen molar-refractivity contribution < 1.29 is 9.21 Å². The molecule has 0 N–H and O–H groups in total. The van der Waals surface area contributed by atoms with Crippen molar-refractivity contribution in [2.45, 2.75) is 6.42 Å². The fourth-order valence-corrected chi connectivity index (χ4v) is 3.83. The van der Waals surface area contributed by atoms with E-state index in [2.05, 4.69) is 12.1 Å².